The van der Waals surface area contributed by atoms with Crippen molar-refractivity contribution in [2.45, 2.75) is 109 Å². The van der Waals surface area contributed by atoms with Gasteiger partial charge in [0.25, 0.3) is 0 Å². The third-order valence-electron chi connectivity index (χ3n) is 4.21. The molecule has 0 atom stereocenters. The van der Waals surface area contributed by atoms with Gasteiger partial charge in [0.2, 0.25) is 5.78 Å². The molecule has 0 saturated heterocycles. The van der Waals surface area contributed by atoms with Gasteiger partial charge in [-0.05, 0) is 6.42 Å². The van der Waals surface area contributed by atoms with E-state index in [4.69, 9.17) is 0 Å². The minimum atomic E-state index is -5.78. The zero-order chi connectivity index (χ0) is 18.5. The van der Waals surface area contributed by atoms with Gasteiger partial charge < -0.3 is 0 Å². The van der Waals surface area contributed by atoms with Crippen molar-refractivity contribution >= 4 is 5.78 Å². The van der Waals surface area contributed by atoms with Gasteiger partial charge in [0.1, 0.15) is 0 Å². The first-order valence-corrected chi connectivity index (χ1v) is 9.21. The summed E-state index contributed by atoms with van der Waals surface area (Å²) in [6.07, 6.45) is 6.93. The van der Waals surface area contributed by atoms with Gasteiger partial charge >= 0.3 is 12.1 Å². The molecule has 0 rings (SSSR count). The minimum Gasteiger partial charge on any atom is -0.293 e. The zero-order valence-electron chi connectivity index (χ0n) is 14.7. The summed E-state index contributed by atoms with van der Waals surface area (Å²) >= 11 is 0. The number of halogens is 5. The summed E-state index contributed by atoms with van der Waals surface area (Å²) in [6, 6.07) is 0. The SMILES string of the molecule is CCCCCCCCCCCCCCCC(=O)C(F)(F)C(F)(F)F. The molecule has 0 unspecified atom stereocenters. The van der Waals surface area contributed by atoms with Gasteiger partial charge in [-0.2, -0.15) is 22.0 Å². The molecule has 0 bridgehead atoms. The summed E-state index contributed by atoms with van der Waals surface area (Å²) in [5, 5.41) is 0. The lowest BCUT2D eigenvalue weighted by molar-refractivity contribution is -0.268. The molecule has 1 nitrogen and oxygen atoms in total. The van der Waals surface area contributed by atoms with Gasteiger partial charge in [0.15, 0.2) is 0 Å². The van der Waals surface area contributed by atoms with E-state index < -0.39 is 24.3 Å². The Morgan fingerprint density at radius 1 is 0.625 bits per heavy atom. The van der Waals surface area contributed by atoms with E-state index in [1.807, 2.05) is 0 Å². The molecule has 0 aromatic carbocycles. The van der Waals surface area contributed by atoms with Crippen molar-refractivity contribution < 1.29 is 26.7 Å². The quantitative estimate of drug-likeness (QED) is 0.223. The molecule has 0 aromatic rings. The number of hydrogen-bond donors (Lipinski definition) is 0. The zero-order valence-corrected chi connectivity index (χ0v) is 14.7. The van der Waals surface area contributed by atoms with Crippen LogP contribution in [0.2, 0.25) is 0 Å². The Kier molecular flexibility index (Phi) is 12.3. The van der Waals surface area contributed by atoms with Crippen LogP contribution in [0.15, 0.2) is 0 Å². The molecule has 0 amide bonds. The Balaban J connectivity index is 3.44. The van der Waals surface area contributed by atoms with Crippen molar-refractivity contribution in [1.82, 2.24) is 0 Å². The molecule has 0 saturated carbocycles. The Labute approximate surface area is 142 Å². The van der Waals surface area contributed by atoms with Crippen molar-refractivity contribution in [3.63, 3.8) is 0 Å². The molecule has 0 fully saturated rings. The van der Waals surface area contributed by atoms with Crippen LogP contribution >= 0.6 is 0 Å². The molecule has 0 spiro atoms. The molecule has 0 aromatic heterocycles. The maximum absolute atomic E-state index is 12.7. The van der Waals surface area contributed by atoms with Gasteiger partial charge in [0, 0.05) is 6.42 Å². The number of unbranched alkanes of at least 4 members (excludes halogenated alkanes) is 12. The molecule has 0 radical (unpaired) electrons. The number of hydrogen-bond acceptors (Lipinski definition) is 1. The van der Waals surface area contributed by atoms with Crippen molar-refractivity contribution in [3.05, 3.63) is 0 Å². The highest BCUT2D eigenvalue weighted by molar-refractivity contribution is 5.86. The van der Waals surface area contributed by atoms with E-state index in [1.54, 1.807) is 0 Å². The third-order valence-corrected chi connectivity index (χ3v) is 4.21. The van der Waals surface area contributed by atoms with Crippen LogP contribution in [0, 0.1) is 0 Å². The Morgan fingerprint density at radius 2 is 0.958 bits per heavy atom. The number of Topliss-reactive ketones (excluding diaryl/α,β-unsaturated/α-hetero) is 1. The third kappa shape index (κ3) is 10.2. The summed E-state index contributed by atoms with van der Waals surface area (Å²) in [7, 11) is 0. The fraction of sp³-hybridized carbons (Fsp3) is 0.944. The number of carbonyl (C=O) groups is 1. The topological polar surface area (TPSA) is 17.1 Å². The number of alkyl halides is 5. The molecule has 0 N–H and O–H groups in total. The fourth-order valence-corrected chi connectivity index (χ4v) is 2.62. The van der Waals surface area contributed by atoms with Crippen LogP contribution in [0.3, 0.4) is 0 Å². The van der Waals surface area contributed by atoms with Crippen molar-refractivity contribution in [2.24, 2.45) is 0 Å². The van der Waals surface area contributed by atoms with Crippen LogP contribution < -0.4 is 0 Å². The highest BCUT2D eigenvalue weighted by atomic mass is 19.4. The van der Waals surface area contributed by atoms with E-state index in [9.17, 15) is 26.7 Å². The molecule has 6 heteroatoms. The van der Waals surface area contributed by atoms with E-state index in [1.165, 1.54) is 44.9 Å². The second-order valence-electron chi connectivity index (χ2n) is 6.49. The van der Waals surface area contributed by atoms with Crippen LogP contribution in [0.4, 0.5) is 22.0 Å². The van der Waals surface area contributed by atoms with Crippen LogP contribution in [-0.2, 0) is 4.79 Å². The number of ketones is 1. The van der Waals surface area contributed by atoms with Crippen LogP contribution in [-0.4, -0.2) is 17.9 Å². The Hall–Kier alpha value is -0.680. The Morgan fingerprint density at radius 3 is 1.29 bits per heavy atom. The predicted octanol–water partition coefficient (Wildman–Crippen LogP) is 7.23. The first-order chi connectivity index (χ1) is 11.2. The summed E-state index contributed by atoms with van der Waals surface area (Å²) in [6.45, 7) is 2.19. The number of rotatable bonds is 15. The van der Waals surface area contributed by atoms with Gasteiger partial charge in [-0.3, -0.25) is 4.79 Å². The van der Waals surface area contributed by atoms with E-state index in [-0.39, 0.29) is 6.42 Å². The largest absolute Gasteiger partial charge is 0.461 e. The molecule has 0 heterocycles. The van der Waals surface area contributed by atoms with Gasteiger partial charge in [0.05, 0.1) is 0 Å². The average Bonchev–Trinajstić information content (AvgIpc) is 2.50. The predicted molar refractivity (Wildman–Crippen MR) is 86.3 cm³/mol. The van der Waals surface area contributed by atoms with Crippen molar-refractivity contribution in [2.75, 3.05) is 0 Å². The highest BCUT2D eigenvalue weighted by Crippen LogP contribution is 2.37. The molecular weight excluding hydrogens is 327 g/mol. The maximum Gasteiger partial charge on any atom is 0.461 e. The second-order valence-corrected chi connectivity index (χ2v) is 6.49. The van der Waals surface area contributed by atoms with E-state index in [0.29, 0.717) is 6.42 Å². The lowest BCUT2D eigenvalue weighted by atomic mass is 10.0. The Bertz CT molecular complexity index is 326. The van der Waals surface area contributed by atoms with Crippen LogP contribution in [0.1, 0.15) is 96.8 Å². The van der Waals surface area contributed by atoms with E-state index >= 15 is 0 Å². The summed E-state index contributed by atoms with van der Waals surface area (Å²) in [4.78, 5) is 10.9. The molecule has 0 aliphatic heterocycles. The first-order valence-electron chi connectivity index (χ1n) is 9.21. The highest BCUT2D eigenvalue weighted by Gasteiger charge is 2.62. The maximum atomic E-state index is 12.7. The van der Waals surface area contributed by atoms with Gasteiger partial charge in [-0.25, -0.2) is 0 Å². The van der Waals surface area contributed by atoms with E-state index in [2.05, 4.69) is 6.92 Å². The normalized spacial score (nSPS) is 12.6. The summed E-state index contributed by atoms with van der Waals surface area (Å²) in [5.41, 5.74) is 0. The molecule has 0 aliphatic rings. The van der Waals surface area contributed by atoms with Crippen molar-refractivity contribution in [3.8, 4) is 0 Å². The fourth-order valence-electron chi connectivity index (χ4n) is 2.62. The summed E-state index contributed by atoms with van der Waals surface area (Å²) < 4.78 is 61.3. The van der Waals surface area contributed by atoms with Gasteiger partial charge in [-0.1, -0.05) is 84.0 Å². The standard InChI is InChI=1S/C18H31F5O/c1-2-3-4-5-6-7-8-9-10-11-12-13-14-15-16(24)17(19,20)18(21,22)23/h2-15H2,1H3. The lowest BCUT2D eigenvalue weighted by Crippen LogP contribution is -2.43. The monoisotopic (exact) mass is 358 g/mol. The van der Waals surface area contributed by atoms with Crippen LogP contribution in [0.5, 0.6) is 0 Å². The molecule has 0 aliphatic carbocycles. The summed E-state index contributed by atoms with van der Waals surface area (Å²) in [5.74, 6) is -7.22. The number of carbonyl (C=O) groups excluding carboxylic acids is 1. The molecule has 24 heavy (non-hydrogen) atoms. The minimum absolute atomic E-state index is 0.0991. The van der Waals surface area contributed by atoms with E-state index in [0.717, 1.165) is 25.7 Å². The second kappa shape index (κ2) is 12.6. The van der Waals surface area contributed by atoms with Crippen LogP contribution in [0.25, 0.3) is 0 Å². The van der Waals surface area contributed by atoms with Gasteiger partial charge in [-0.15, -0.1) is 0 Å². The van der Waals surface area contributed by atoms with Crippen molar-refractivity contribution in [1.29, 1.82) is 0 Å². The molecular formula is C18H31F5O. The molecule has 144 valence electrons. The smallest absolute Gasteiger partial charge is 0.293 e. The first kappa shape index (κ1) is 23.3. The lowest BCUT2D eigenvalue weighted by Gasteiger charge is -2.17. The average molecular weight is 358 g/mol.